The van der Waals surface area contributed by atoms with E-state index >= 15 is 0 Å². The van der Waals surface area contributed by atoms with Gasteiger partial charge in [-0.2, -0.15) is 0 Å². The van der Waals surface area contributed by atoms with Gasteiger partial charge in [0.2, 0.25) is 0 Å². The molecule has 7 heteroatoms. The molecule has 1 aromatic heterocycles. The number of pyridine rings is 1. The van der Waals surface area contributed by atoms with Gasteiger partial charge in [-0.1, -0.05) is 13.8 Å². The standard InChI is InChI=1S/C15H23N3O4.C2H6/c1-21-7-3-5-17-14(19)12-9-13(11-16-10-12)15(20)18-6-4-8-22-2;1-2/h9-11H,3-8H2,1-2H3,(H,17,19)(H,18,20);1-2H3. The zero-order valence-electron chi connectivity index (χ0n) is 15.1. The molecular formula is C17H29N3O4. The highest BCUT2D eigenvalue weighted by atomic mass is 16.5. The molecule has 0 aliphatic rings. The lowest BCUT2D eigenvalue weighted by molar-refractivity contribution is 0.0947. The van der Waals surface area contributed by atoms with E-state index in [2.05, 4.69) is 15.6 Å². The van der Waals surface area contributed by atoms with Gasteiger partial charge in [0.15, 0.2) is 0 Å². The number of nitrogens with zero attached hydrogens (tertiary/aromatic N) is 1. The monoisotopic (exact) mass is 339 g/mol. The molecule has 7 nitrogen and oxygen atoms in total. The molecule has 24 heavy (non-hydrogen) atoms. The van der Waals surface area contributed by atoms with Gasteiger partial charge in [0, 0.05) is 52.9 Å². The number of methoxy groups -OCH3 is 2. The molecule has 1 rings (SSSR count). The van der Waals surface area contributed by atoms with E-state index in [0.29, 0.717) is 37.4 Å². The van der Waals surface area contributed by atoms with E-state index in [0.717, 1.165) is 12.8 Å². The highest BCUT2D eigenvalue weighted by molar-refractivity contribution is 5.99. The molecule has 0 saturated carbocycles. The zero-order valence-corrected chi connectivity index (χ0v) is 15.1. The van der Waals surface area contributed by atoms with E-state index < -0.39 is 0 Å². The molecule has 136 valence electrons. The summed E-state index contributed by atoms with van der Waals surface area (Å²) < 4.78 is 9.82. The molecule has 0 aromatic carbocycles. The molecule has 0 spiro atoms. The van der Waals surface area contributed by atoms with Crippen LogP contribution in [-0.2, 0) is 9.47 Å². The maximum absolute atomic E-state index is 11.9. The lowest BCUT2D eigenvalue weighted by Crippen LogP contribution is -2.27. The SMILES string of the molecule is CC.COCCCNC(=O)c1cncc(C(=O)NCCCOC)c1. The summed E-state index contributed by atoms with van der Waals surface area (Å²) >= 11 is 0. The van der Waals surface area contributed by atoms with E-state index in [1.165, 1.54) is 18.5 Å². The minimum Gasteiger partial charge on any atom is -0.385 e. The quantitative estimate of drug-likeness (QED) is 0.633. The minimum atomic E-state index is -0.252. The van der Waals surface area contributed by atoms with Crippen molar-refractivity contribution in [1.29, 1.82) is 0 Å². The van der Waals surface area contributed by atoms with Crippen molar-refractivity contribution in [2.75, 3.05) is 40.5 Å². The summed E-state index contributed by atoms with van der Waals surface area (Å²) in [5.41, 5.74) is 0.726. The molecule has 0 unspecified atom stereocenters. The molecule has 0 radical (unpaired) electrons. The summed E-state index contributed by atoms with van der Waals surface area (Å²) in [7, 11) is 3.22. The number of aromatic nitrogens is 1. The highest BCUT2D eigenvalue weighted by Gasteiger charge is 2.10. The second kappa shape index (κ2) is 14.6. The van der Waals surface area contributed by atoms with Crippen LogP contribution in [0, 0.1) is 0 Å². The first-order valence-electron chi connectivity index (χ1n) is 8.18. The molecule has 0 fully saturated rings. The third kappa shape index (κ3) is 9.22. The molecule has 0 aliphatic carbocycles. The normalized spacial score (nSPS) is 9.67. The van der Waals surface area contributed by atoms with Crippen LogP contribution >= 0.6 is 0 Å². The topological polar surface area (TPSA) is 89.5 Å². The summed E-state index contributed by atoms with van der Waals surface area (Å²) in [6, 6.07) is 1.53. The first-order chi connectivity index (χ1) is 11.7. The molecule has 1 heterocycles. The van der Waals surface area contributed by atoms with Crippen molar-refractivity contribution < 1.29 is 19.1 Å². The molecule has 1 aromatic rings. The lowest BCUT2D eigenvalue weighted by Gasteiger charge is -2.07. The predicted molar refractivity (Wildman–Crippen MR) is 93.2 cm³/mol. The van der Waals surface area contributed by atoms with Gasteiger partial charge in [0.05, 0.1) is 11.1 Å². The van der Waals surface area contributed by atoms with Gasteiger partial charge < -0.3 is 20.1 Å². The summed E-state index contributed by atoms with van der Waals surface area (Å²) in [6.45, 7) is 6.20. The smallest absolute Gasteiger partial charge is 0.252 e. The van der Waals surface area contributed by atoms with Crippen LogP contribution < -0.4 is 10.6 Å². The summed E-state index contributed by atoms with van der Waals surface area (Å²) in [4.78, 5) is 27.8. The molecule has 0 saturated heterocycles. The molecule has 0 bridgehead atoms. The Bertz CT molecular complexity index is 441. The van der Waals surface area contributed by atoms with Gasteiger partial charge in [-0.15, -0.1) is 0 Å². The fourth-order valence-corrected chi connectivity index (χ4v) is 1.73. The largest absolute Gasteiger partial charge is 0.385 e. The van der Waals surface area contributed by atoms with Gasteiger partial charge in [-0.3, -0.25) is 14.6 Å². The van der Waals surface area contributed by atoms with Gasteiger partial charge in [0.1, 0.15) is 0 Å². The van der Waals surface area contributed by atoms with Gasteiger partial charge >= 0.3 is 0 Å². The predicted octanol–water partition coefficient (Wildman–Crippen LogP) is 1.64. The van der Waals surface area contributed by atoms with Crippen LogP contribution in [0.4, 0.5) is 0 Å². The van der Waals surface area contributed by atoms with E-state index in [9.17, 15) is 9.59 Å². The molecular weight excluding hydrogens is 310 g/mol. The van der Waals surface area contributed by atoms with E-state index in [4.69, 9.17) is 9.47 Å². The Balaban J connectivity index is 0.00000254. The molecule has 0 aliphatic heterocycles. The van der Waals surface area contributed by atoms with Crippen LogP contribution in [0.3, 0.4) is 0 Å². The second-order valence-corrected chi connectivity index (χ2v) is 4.67. The maximum Gasteiger partial charge on any atom is 0.252 e. The number of rotatable bonds is 10. The summed E-state index contributed by atoms with van der Waals surface area (Å²) in [5, 5.41) is 5.51. The second-order valence-electron chi connectivity index (χ2n) is 4.67. The highest BCUT2D eigenvalue weighted by Crippen LogP contribution is 2.03. The van der Waals surface area contributed by atoms with Crippen LogP contribution in [0.1, 0.15) is 47.4 Å². The number of carbonyl (C=O) groups is 2. The Morgan fingerprint density at radius 1 is 0.917 bits per heavy atom. The number of hydrogen-bond acceptors (Lipinski definition) is 5. The number of amides is 2. The van der Waals surface area contributed by atoms with Crippen molar-refractivity contribution in [1.82, 2.24) is 15.6 Å². The van der Waals surface area contributed by atoms with Crippen LogP contribution in [-0.4, -0.2) is 57.3 Å². The Hall–Kier alpha value is -1.99. The van der Waals surface area contributed by atoms with Gasteiger partial charge in [-0.25, -0.2) is 0 Å². The zero-order chi connectivity index (χ0) is 18.2. The van der Waals surface area contributed by atoms with E-state index in [1.54, 1.807) is 14.2 Å². The van der Waals surface area contributed by atoms with Crippen molar-refractivity contribution in [3.8, 4) is 0 Å². The maximum atomic E-state index is 11.9. The van der Waals surface area contributed by atoms with E-state index in [1.807, 2.05) is 13.8 Å². The minimum absolute atomic E-state index is 0.252. The van der Waals surface area contributed by atoms with E-state index in [-0.39, 0.29) is 11.8 Å². The molecule has 2 amide bonds. The summed E-state index contributed by atoms with van der Waals surface area (Å²) in [5.74, 6) is -0.504. The average molecular weight is 339 g/mol. The van der Waals surface area contributed by atoms with Crippen LogP contribution in [0.2, 0.25) is 0 Å². The molecule has 2 N–H and O–H groups in total. The van der Waals surface area contributed by atoms with Crippen LogP contribution in [0.25, 0.3) is 0 Å². The van der Waals surface area contributed by atoms with Crippen molar-refractivity contribution >= 4 is 11.8 Å². The summed E-state index contributed by atoms with van der Waals surface area (Å²) in [6.07, 6.45) is 4.34. The van der Waals surface area contributed by atoms with Gasteiger partial charge in [0.25, 0.3) is 11.8 Å². The van der Waals surface area contributed by atoms with Crippen molar-refractivity contribution in [2.45, 2.75) is 26.7 Å². The number of hydrogen-bond donors (Lipinski definition) is 2. The lowest BCUT2D eigenvalue weighted by atomic mass is 10.2. The van der Waals surface area contributed by atoms with Gasteiger partial charge in [-0.05, 0) is 18.9 Å². The number of ether oxygens (including phenoxy) is 2. The van der Waals surface area contributed by atoms with Crippen LogP contribution in [0.15, 0.2) is 18.5 Å². The number of nitrogens with one attached hydrogen (secondary N) is 2. The Labute approximate surface area is 144 Å². The molecule has 0 atom stereocenters. The first-order valence-corrected chi connectivity index (χ1v) is 8.18. The average Bonchev–Trinajstić information content (AvgIpc) is 2.64. The Morgan fingerprint density at radius 3 is 1.71 bits per heavy atom. The number of carbonyl (C=O) groups excluding carboxylic acids is 2. The van der Waals surface area contributed by atoms with Crippen LogP contribution in [0.5, 0.6) is 0 Å². The third-order valence-electron chi connectivity index (χ3n) is 2.88. The Kier molecular flexibility index (Phi) is 13.4. The van der Waals surface area contributed by atoms with Crippen molar-refractivity contribution in [3.05, 3.63) is 29.6 Å². The third-order valence-corrected chi connectivity index (χ3v) is 2.88. The first kappa shape index (κ1) is 22.0. The fraction of sp³-hybridized carbons (Fsp3) is 0.588. The fourth-order valence-electron chi connectivity index (χ4n) is 1.73. The van der Waals surface area contributed by atoms with Crippen molar-refractivity contribution in [3.63, 3.8) is 0 Å². The van der Waals surface area contributed by atoms with Crippen molar-refractivity contribution in [2.24, 2.45) is 0 Å². The Morgan fingerprint density at radius 2 is 1.33 bits per heavy atom.